The molecule has 0 saturated heterocycles. The van der Waals surface area contributed by atoms with Crippen LogP contribution >= 0.6 is 23.2 Å². The van der Waals surface area contributed by atoms with Crippen LogP contribution in [0, 0.1) is 0 Å². The Kier molecular flexibility index (Phi) is 11.3. The SMILES string of the molecule is CNC(=O)[C@@H](Cc1ccccc1)N(Cc1ccc(Cl)cc1Cl)C(=O)CN(c1ccccc1)S(=O)(=O)c1ccc(OC)c(OC)c1. The monoisotopic (exact) mass is 669 g/mol. The van der Waals surface area contributed by atoms with Crippen LogP contribution in [0.1, 0.15) is 11.1 Å². The van der Waals surface area contributed by atoms with Gasteiger partial charge >= 0.3 is 0 Å². The Morgan fingerprint density at radius 1 is 0.844 bits per heavy atom. The minimum absolute atomic E-state index is 0.0845. The molecule has 45 heavy (non-hydrogen) atoms. The van der Waals surface area contributed by atoms with E-state index in [0.29, 0.717) is 21.4 Å². The van der Waals surface area contributed by atoms with E-state index >= 15 is 0 Å². The fourth-order valence-corrected chi connectivity index (χ4v) is 6.68. The molecular formula is C33H33Cl2N3O6S. The Labute approximate surface area is 273 Å². The summed E-state index contributed by atoms with van der Waals surface area (Å²) in [5.41, 5.74) is 1.60. The normalized spacial score (nSPS) is 11.8. The van der Waals surface area contributed by atoms with Crippen LogP contribution < -0.4 is 19.1 Å². The summed E-state index contributed by atoms with van der Waals surface area (Å²) in [5, 5.41) is 3.36. The number of hydrogen-bond donors (Lipinski definition) is 1. The van der Waals surface area contributed by atoms with E-state index in [0.717, 1.165) is 9.87 Å². The summed E-state index contributed by atoms with van der Waals surface area (Å²) >= 11 is 12.6. The van der Waals surface area contributed by atoms with Crippen LogP contribution in [-0.2, 0) is 32.6 Å². The van der Waals surface area contributed by atoms with E-state index in [1.807, 2.05) is 30.3 Å². The van der Waals surface area contributed by atoms with Gasteiger partial charge in [0.1, 0.15) is 12.6 Å². The number of nitrogens with one attached hydrogen (secondary N) is 1. The van der Waals surface area contributed by atoms with E-state index in [-0.39, 0.29) is 29.3 Å². The third kappa shape index (κ3) is 8.08. The molecule has 4 aromatic rings. The number of hydrogen-bond acceptors (Lipinski definition) is 6. The van der Waals surface area contributed by atoms with Crippen LogP contribution in [-0.4, -0.2) is 59.0 Å². The van der Waals surface area contributed by atoms with Crippen molar-refractivity contribution < 1.29 is 27.5 Å². The predicted octanol–water partition coefficient (Wildman–Crippen LogP) is 5.59. The first kappa shape index (κ1) is 33.6. The molecule has 0 spiro atoms. The van der Waals surface area contributed by atoms with Gasteiger partial charge in [0.05, 0.1) is 24.8 Å². The summed E-state index contributed by atoms with van der Waals surface area (Å²) in [6.07, 6.45) is 0.172. The van der Waals surface area contributed by atoms with Gasteiger partial charge in [-0.05, 0) is 47.5 Å². The number of ether oxygens (including phenoxy) is 2. The number of methoxy groups -OCH3 is 2. The van der Waals surface area contributed by atoms with Crippen LogP contribution in [0.2, 0.25) is 10.0 Å². The fourth-order valence-electron chi connectivity index (χ4n) is 4.78. The molecule has 0 saturated carbocycles. The summed E-state index contributed by atoms with van der Waals surface area (Å²) in [6.45, 7) is -0.701. The topological polar surface area (TPSA) is 105 Å². The smallest absolute Gasteiger partial charge is 0.264 e. The number of halogens is 2. The lowest BCUT2D eigenvalue weighted by atomic mass is 10.0. The van der Waals surface area contributed by atoms with Crippen molar-refractivity contribution in [3.05, 3.63) is 118 Å². The van der Waals surface area contributed by atoms with Gasteiger partial charge in [-0.3, -0.25) is 13.9 Å². The standard InChI is InChI=1S/C33H33Cl2N3O6S/c1-36-33(40)29(18-23-10-6-4-7-11-23)37(21-24-14-15-25(34)19-28(24)35)32(39)22-38(26-12-8-5-9-13-26)45(41,42)27-16-17-30(43-2)31(20-27)44-3/h4-17,19-20,29H,18,21-22H2,1-3H3,(H,36,40)/t29-/m1/s1. The molecule has 2 amide bonds. The zero-order chi connectivity index (χ0) is 32.6. The minimum atomic E-state index is -4.33. The average molecular weight is 671 g/mol. The van der Waals surface area contributed by atoms with Crippen LogP contribution in [0.5, 0.6) is 11.5 Å². The number of likely N-dealkylation sites (N-methyl/N-ethyl adjacent to an activating group) is 1. The zero-order valence-electron chi connectivity index (χ0n) is 24.9. The number of para-hydroxylation sites is 1. The van der Waals surface area contributed by atoms with E-state index in [4.69, 9.17) is 32.7 Å². The van der Waals surface area contributed by atoms with Gasteiger partial charge in [0.2, 0.25) is 11.8 Å². The van der Waals surface area contributed by atoms with E-state index in [2.05, 4.69) is 5.32 Å². The lowest BCUT2D eigenvalue weighted by Crippen LogP contribution is -2.53. The molecular weight excluding hydrogens is 637 g/mol. The van der Waals surface area contributed by atoms with Crippen LogP contribution in [0.25, 0.3) is 0 Å². The van der Waals surface area contributed by atoms with Crippen LogP contribution in [0.4, 0.5) is 5.69 Å². The quantitative estimate of drug-likeness (QED) is 0.199. The minimum Gasteiger partial charge on any atom is -0.493 e. The van der Waals surface area contributed by atoms with Crippen molar-refractivity contribution >= 4 is 50.7 Å². The summed E-state index contributed by atoms with van der Waals surface area (Å²) < 4.78 is 40.0. The number of carbonyl (C=O) groups excluding carboxylic acids is 2. The summed E-state index contributed by atoms with van der Waals surface area (Å²) in [6, 6.07) is 25.5. The van der Waals surface area contributed by atoms with Crippen molar-refractivity contribution in [3.63, 3.8) is 0 Å². The molecule has 0 fully saturated rings. The van der Waals surface area contributed by atoms with Gasteiger partial charge in [-0.15, -0.1) is 0 Å². The van der Waals surface area contributed by atoms with Gasteiger partial charge in [0.25, 0.3) is 10.0 Å². The lowest BCUT2D eigenvalue weighted by Gasteiger charge is -2.33. The van der Waals surface area contributed by atoms with E-state index < -0.39 is 34.4 Å². The Morgan fingerprint density at radius 2 is 1.49 bits per heavy atom. The van der Waals surface area contributed by atoms with Gasteiger partial charge < -0.3 is 19.7 Å². The molecule has 0 aliphatic heterocycles. The number of carbonyl (C=O) groups is 2. The fraction of sp³-hybridized carbons (Fsp3) is 0.212. The molecule has 1 atom stereocenters. The number of sulfonamides is 1. The molecule has 0 unspecified atom stereocenters. The Bertz CT molecular complexity index is 1740. The highest BCUT2D eigenvalue weighted by Gasteiger charge is 2.35. The summed E-state index contributed by atoms with van der Waals surface area (Å²) in [7, 11) is -0.00270. The number of nitrogens with zero attached hydrogens (tertiary/aromatic N) is 2. The van der Waals surface area contributed by atoms with Crippen LogP contribution in [0.15, 0.2) is 102 Å². The van der Waals surface area contributed by atoms with Gasteiger partial charge in [-0.2, -0.15) is 0 Å². The molecule has 12 heteroatoms. The van der Waals surface area contributed by atoms with Crippen molar-refractivity contribution in [2.75, 3.05) is 32.1 Å². The number of amides is 2. The molecule has 9 nitrogen and oxygen atoms in total. The highest BCUT2D eigenvalue weighted by Crippen LogP contribution is 2.32. The second-order valence-electron chi connectivity index (χ2n) is 9.94. The third-order valence-corrected chi connectivity index (χ3v) is 9.50. The maximum atomic E-state index is 14.4. The molecule has 4 aromatic carbocycles. The Hall–Kier alpha value is -4.25. The van der Waals surface area contributed by atoms with Crippen molar-refractivity contribution in [2.45, 2.75) is 23.9 Å². The van der Waals surface area contributed by atoms with Gasteiger partial charge in [-0.1, -0.05) is 77.8 Å². The van der Waals surface area contributed by atoms with Gasteiger partial charge in [0.15, 0.2) is 11.5 Å². The molecule has 1 N–H and O–H groups in total. The van der Waals surface area contributed by atoms with Crippen molar-refractivity contribution in [1.29, 1.82) is 0 Å². The van der Waals surface area contributed by atoms with E-state index in [1.54, 1.807) is 48.5 Å². The molecule has 0 bridgehead atoms. The molecule has 4 rings (SSSR count). The molecule has 0 heterocycles. The summed E-state index contributed by atoms with van der Waals surface area (Å²) in [5.74, 6) is -0.497. The Morgan fingerprint density at radius 3 is 2.09 bits per heavy atom. The number of rotatable bonds is 13. The van der Waals surface area contributed by atoms with E-state index in [1.165, 1.54) is 44.4 Å². The maximum absolute atomic E-state index is 14.4. The molecule has 236 valence electrons. The lowest BCUT2D eigenvalue weighted by molar-refractivity contribution is -0.139. The highest BCUT2D eigenvalue weighted by molar-refractivity contribution is 7.92. The molecule has 0 radical (unpaired) electrons. The first-order valence-electron chi connectivity index (χ1n) is 13.9. The zero-order valence-corrected chi connectivity index (χ0v) is 27.3. The van der Waals surface area contributed by atoms with Crippen molar-refractivity contribution in [2.24, 2.45) is 0 Å². The second kappa shape index (κ2) is 15.2. The number of benzene rings is 4. The van der Waals surface area contributed by atoms with E-state index in [9.17, 15) is 18.0 Å². The van der Waals surface area contributed by atoms with Gasteiger partial charge in [0, 0.05) is 36.1 Å². The Balaban J connectivity index is 1.81. The first-order valence-corrected chi connectivity index (χ1v) is 16.1. The summed E-state index contributed by atoms with van der Waals surface area (Å²) in [4.78, 5) is 29.0. The molecule has 0 aromatic heterocycles. The second-order valence-corrected chi connectivity index (χ2v) is 12.6. The van der Waals surface area contributed by atoms with Gasteiger partial charge in [-0.25, -0.2) is 8.42 Å². The van der Waals surface area contributed by atoms with Crippen molar-refractivity contribution in [3.8, 4) is 11.5 Å². The molecule has 0 aliphatic rings. The number of anilines is 1. The highest BCUT2D eigenvalue weighted by atomic mass is 35.5. The van der Waals surface area contributed by atoms with Crippen LogP contribution in [0.3, 0.4) is 0 Å². The molecule has 0 aliphatic carbocycles. The first-order chi connectivity index (χ1) is 21.6. The maximum Gasteiger partial charge on any atom is 0.264 e. The largest absolute Gasteiger partial charge is 0.493 e. The average Bonchev–Trinajstić information content (AvgIpc) is 3.06. The predicted molar refractivity (Wildman–Crippen MR) is 176 cm³/mol. The van der Waals surface area contributed by atoms with Crippen molar-refractivity contribution in [1.82, 2.24) is 10.2 Å². The third-order valence-electron chi connectivity index (χ3n) is 7.14.